The molecule has 6 heteroatoms. The molecule has 0 aromatic carbocycles. The third-order valence-corrected chi connectivity index (χ3v) is 16.8. The van der Waals surface area contributed by atoms with Crippen molar-refractivity contribution in [2.45, 2.75) is 425 Å². The maximum atomic E-state index is 12.9. The van der Waals surface area contributed by atoms with Crippen molar-refractivity contribution in [2.75, 3.05) is 13.2 Å². The van der Waals surface area contributed by atoms with E-state index < -0.39 is 6.10 Å². The van der Waals surface area contributed by atoms with E-state index in [1.165, 1.54) is 315 Å². The van der Waals surface area contributed by atoms with Crippen LogP contribution in [-0.4, -0.2) is 37.2 Å². The van der Waals surface area contributed by atoms with Crippen LogP contribution in [0, 0.1) is 0 Å². The van der Waals surface area contributed by atoms with Gasteiger partial charge in [0.05, 0.1) is 0 Å². The van der Waals surface area contributed by atoms with Crippen LogP contribution in [0.5, 0.6) is 0 Å². The van der Waals surface area contributed by atoms with Crippen molar-refractivity contribution in [1.82, 2.24) is 0 Å². The topological polar surface area (TPSA) is 78.9 Å². The van der Waals surface area contributed by atoms with Gasteiger partial charge in [-0.15, -0.1) is 0 Å². The van der Waals surface area contributed by atoms with Gasteiger partial charge in [-0.3, -0.25) is 14.4 Å². The quantitative estimate of drug-likeness (QED) is 0.0261. The predicted molar refractivity (Wildman–Crippen MR) is 344 cm³/mol. The van der Waals surface area contributed by atoms with Crippen molar-refractivity contribution in [1.29, 1.82) is 0 Å². The molecular formula is C73H140O6. The molecule has 79 heavy (non-hydrogen) atoms. The van der Waals surface area contributed by atoms with Gasteiger partial charge in [0.25, 0.3) is 0 Å². The van der Waals surface area contributed by atoms with Gasteiger partial charge in [-0.1, -0.05) is 367 Å². The summed E-state index contributed by atoms with van der Waals surface area (Å²) in [7, 11) is 0. The van der Waals surface area contributed by atoms with Crippen molar-refractivity contribution in [3.63, 3.8) is 0 Å². The summed E-state index contributed by atoms with van der Waals surface area (Å²) in [6.45, 7) is 6.69. The summed E-state index contributed by atoms with van der Waals surface area (Å²) in [6, 6.07) is 0. The summed E-state index contributed by atoms with van der Waals surface area (Å²) in [5.74, 6) is -0.848. The molecule has 0 aliphatic heterocycles. The highest BCUT2D eigenvalue weighted by atomic mass is 16.6. The highest BCUT2D eigenvalue weighted by molar-refractivity contribution is 5.71. The van der Waals surface area contributed by atoms with Crippen LogP contribution < -0.4 is 0 Å². The van der Waals surface area contributed by atoms with Gasteiger partial charge in [-0.05, 0) is 44.9 Å². The lowest BCUT2D eigenvalue weighted by Gasteiger charge is -2.18. The van der Waals surface area contributed by atoms with Crippen LogP contribution in [0.15, 0.2) is 12.2 Å². The van der Waals surface area contributed by atoms with E-state index in [0.717, 1.165) is 64.2 Å². The number of hydrogen-bond donors (Lipinski definition) is 0. The molecule has 0 fully saturated rings. The molecule has 0 saturated heterocycles. The number of carbonyl (C=O) groups excluding carboxylic acids is 3. The minimum Gasteiger partial charge on any atom is -0.462 e. The summed E-state index contributed by atoms with van der Waals surface area (Å²) in [6.07, 6.45) is 82.8. The van der Waals surface area contributed by atoms with E-state index in [1.807, 2.05) is 0 Å². The monoisotopic (exact) mass is 1110 g/mol. The van der Waals surface area contributed by atoms with E-state index in [-0.39, 0.29) is 31.1 Å². The molecule has 0 aliphatic rings. The molecule has 468 valence electrons. The van der Waals surface area contributed by atoms with E-state index >= 15 is 0 Å². The molecule has 0 aliphatic carbocycles. The summed E-state index contributed by atoms with van der Waals surface area (Å²) < 4.78 is 16.9. The average molecular weight is 1110 g/mol. The third-order valence-electron chi connectivity index (χ3n) is 16.8. The molecule has 1 unspecified atom stereocenters. The second-order valence-electron chi connectivity index (χ2n) is 24.9. The average Bonchev–Trinajstić information content (AvgIpc) is 3.45. The zero-order valence-corrected chi connectivity index (χ0v) is 53.9. The Labute approximate surface area is 494 Å². The fourth-order valence-corrected chi connectivity index (χ4v) is 11.3. The van der Waals surface area contributed by atoms with Crippen LogP contribution in [0.4, 0.5) is 0 Å². The van der Waals surface area contributed by atoms with E-state index in [9.17, 15) is 14.4 Å². The Morgan fingerprint density at radius 3 is 0.633 bits per heavy atom. The van der Waals surface area contributed by atoms with Crippen LogP contribution in [-0.2, 0) is 28.6 Å². The predicted octanol–water partition coefficient (Wildman–Crippen LogP) is 24.8. The first-order valence-electron chi connectivity index (χ1n) is 36.2. The Morgan fingerprint density at radius 2 is 0.418 bits per heavy atom. The molecule has 1 atom stereocenters. The molecular weight excluding hydrogens is 973 g/mol. The summed E-state index contributed by atoms with van der Waals surface area (Å²) in [5.41, 5.74) is 0. The smallest absolute Gasteiger partial charge is 0.306 e. The number of rotatable bonds is 68. The van der Waals surface area contributed by atoms with Crippen molar-refractivity contribution in [2.24, 2.45) is 0 Å². The van der Waals surface area contributed by atoms with Crippen LogP contribution in [0.25, 0.3) is 0 Å². The van der Waals surface area contributed by atoms with Gasteiger partial charge in [0.2, 0.25) is 0 Å². The summed E-state index contributed by atoms with van der Waals surface area (Å²) in [5, 5.41) is 0. The second kappa shape index (κ2) is 68.6. The zero-order valence-electron chi connectivity index (χ0n) is 53.9. The lowest BCUT2D eigenvalue weighted by atomic mass is 10.0. The number of carbonyl (C=O) groups is 3. The molecule has 0 aromatic rings. The first kappa shape index (κ1) is 77.2. The highest BCUT2D eigenvalue weighted by Crippen LogP contribution is 2.19. The van der Waals surface area contributed by atoms with Crippen LogP contribution in [0.1, 0.15) is 419 Å². The summed E-state index contributed by atoms with van der Waals surface area (Å²) in [4.78, 5) is 38.2. The Bertz CT molecular complexity index is 1230. The Kier molecular flexibility index (Phi) is 67.0. The lowest BCUT2D eigenvalue weighted by Crippen LogP contribution is -2.30. The maximum Gasteiger partial charge on any atom is 0.306 e. The van der Waals surface area contributed by atoms with Gasteiger partial charge in [0, 0.05) is 19.3 Å². The maximum absolute atomic E-state index is 12.9. The SMILES string of the molecule is CCCCCCCCC/C=C\CCCCCCCC(=O)OC(COC(=O)CCCCCCCCCCCC)COC(=O)CCCCCCCCCCCCCCCCCCCCCCCCCCCCCCCCCCCCC. The van der Waals surface area contributed by atoms with Gasteiger partial charge in [0.15, 0.2) is 6.10 Å². The highest BCUT2D eigenvalue weighted by Gasteiger charge is 2.19. The van der Waals surface area contributed by atoms with Crippen molar-refractivity contribution in [3.8, 4) is 0 Å². The first-order chi connectivity index (χ1) is 39.0. The van der Waals surface area contributed by atoms with Crippen LogP contribution >= 0.6 is 0 Å². The molecule has 0 N–H and O–H groups in total. The molecule has 0 aromatic heterocycles. The molecule has 0 bridgehead atoms. The molecule has 0 rings (SSSR count). The molecule has 6 nitrogen and oxygen atoms in total. The van der Waals surface area contributed by atoms with Crippen LogP contribution in [0.3, 0.4) is 0 Å². The Morgan fingerprint density at radius 1 is 0.241 bits per heavy atom. The van der Waals surface area contributed by atoms with Gasteiger partial charge in [-0.25, -0.2) is 0 Å². The van der Waals surface area contributed by atoms with E-state index in [4.69, 9.17) is 14.2 Å². The summed E-state index contributed by atoms with van der Waals surface area (Å²) >= 11 is 0. The molecule has 0 spiro atoms. The normalized spacial score (nSPS) is 12.0. The van der Waals surface area contributed by atoms with E-state index in [1.54, 1.807) is 0 Å². The van der Waals surface area contributed by atoms with Gasteiger partial charge >= 0.3 is 17.9 Å². The standard InChI is InChI=1S/C73H140O6/c1-4-7-10-13-16-19-22-24-26-28-29-30-31-32-33-34-35-36-37-38-39-40-41-42-43-44-45-46-48-49-51-54-57-60-63-66-72(75)78-69-70(68-77-71(74)65-62-59-56-53-21-18-15-12-9-6-3)79-73(76)67-64-61-58-55-52-50-47-27-25-23-20-17-14-11-8-5-2/h27,47,70H,4-26,28-46,48-69H2,1-3H3/b47-27-. The Balaban J connectivity index is 3.97. The van der Waals surface area contributed by atoms with E-state index in [0.29, 0.717) is 19.3 Å². The van der Waals surface area contributed by atoms with Gasteiger partial charge in [0.1, 0.15) is 13.2 Å². The van der Waals surface area contributed by atoms with Gasteiger partial charge in [-0.2, -0.15) is 0 Å². The van der Waals surface area contributed by atoms with Crippen LogP contribution in [0.2, 0.25) is 0 Å². The zero-order chi connectivity index (χ0) is 57.1. The molecule has 0 saturated carbocycles. The number of ether oxygens (including phenoxy) is 3. The minimum absolute atomic E-state index is 0.0672. The van der Waals surface area contributed by atoms with Crippen molar-refractivity contribution >= 4 is 17.9 Å². The molecule has 0 radical (unpaired) electrons. The number of hydrogen-bond acceptors (Lipinski definition) is 6. The fourth-order valence-electron chi connectivity index (χ4n) is 11.3. The number of esters is 3. The lowest BCUT2D eigenvalue weighted by molar-refractivity contribution is -0.167. The van der Waals surface area contributed by atoms with Crippen molar-refractivity contribution < 1.29 is 28.6 Å². The third kappa shape index (κ3) is 66.8. The van der Waals surface area contributed by atoms with Crippen molar-refractivity contribution in [3.05, 3.63) is 12.2 Å². The number of unbranched alkanes of at least 4 members (excludes halogenated alkanes) is 55. The second-order valence-corrected chi connectivity index (χ2v) is 24.9. The largest absolute Gasteiger partial charge is 0.462 e. The first-order valence-corrected chi connectivity index (χ1v) is 36.2. The molecule has 0 amide bonds. The van der Waals surface area contributed by atoms with Gasteiger partial charge < -0.3 is 14.2 Å². The van der Waals surface area contributed by atoms with E-state index in [2.05, 4.69) is 32.9 Å². The Hall–Kier alpha value is -1.85. The fraction of sp³-hybridized carbons (Fsp3) is 0.932. The number of allylic oxidation sites excluding steroid dienone is 2. The molecule has 0 heterocycles. The minimum atomic E-state index is -0.770.